The summed E-state index contributed by atoms with van der Waals surface area (Å²) in [6.45, 7) is 4.31. The first-order chi connectivity index (χ1) is 15.0. The second kappa shape index (κ2) is 9.92. The van der Waals surface area contributed by atoms with Gasteiger partial charge in [-0.15, -0.1) is 11.8 Å². The summed E-state index contributed by atoms with van der Waals surface area (Å²) in [4.78, 5) is 13.8. The van der Waals surface area contributed by atoms with Crippen LogP contribution < -0.4 is 5.32 Å². The smallest absolute Gasteiger partial charge is 0.228 e. The van der Waals surface area contributed by atoms with Gasteiger partial charge in [-0.25, -0.2) is 0 Å². The average molecular weight is 454 g/mol. The standard InChI is InChI=1S/C25H28ClN3OS/c1-3-31-22-11-9-18(10-12-22)13-24(30)28-21-14-20-16-27-29(25(20)23(26)15-21)17(2)19-7-5-4-6-8-19/h4-5,7,9-12,15-17,20H,3,6,8,13-14H2,1-2H3,(H,28,30). The summed E-state index contributed by atoms with van der Waals surface area (Å²) in [5.74, 6) is 1.12. The molecule has 1 aliphatic heterocycles. The fraction of sp³-hybridized carbons (Fsp3) is 0.360. The predicted octanol–water partition coefficient (Wildman–Crippen LogP) is 5.78. The number of allylic oxidation sites excluding steroid dienone is 7. The van der Waals surface area contributed by atoms with Crippen molar-refractivity contribution in [2.75, 3.05) is 5.75 Å². The van der Waals surface area contributed by atoms with E-state index in [2.05, 4.69) is 54.6 Å². The molecule has 0 fully saturated rings. The number of halogens is 1. The molecule has 2 atom stereocenters. The molecule has 1 aromatic rings. The maximum atomic E-state index is 12.6. The van der Waals surface area contributed by atoms with Gasteiger partial charge in [0.25, 0.3) is 0 Å². The first kappa shape index (κ1) is 22.0. The minimum atomic E-state index is -0.0191. The molecule has 4 nitrogen and oxygen atoms in total. The number of benzene rings is 1. The first-order valence-electron chi connectivity index (χ1n) is 10.9. The van der Waals surface area contributed by atoms with Crippen molar-refractivity contribution in [1.29, 1.82) is 0 Å². The number of fused-ring (bicyclic) bond motifs is 1. The van der Waals surface area contributed by atoms with E-state index in [9.17, 15) is 4.79 Å². The third-order valence-corrected chi connectivity index (χ3v) is 7.00. The Hall–Kier alpha value is -2.24. The maximum Gasteiger partial charge on any atom is 0.228 e. The number of nitrogens with one attached hydrogen (secondary N) is 1. The van der Waals surface area contributed by atoms with Crippen LogP contribution in [0.2, 0.25) is 0 Å². The molecule has 1 aromatic carbocycles. The van der Waals surface area contributed by atoms with E-state index in [1.807, 2.05) is 29.4 Å². The Balaban J connectivity index is 1.41. The first-order valence-corrected chi connectivity index (χ1v) is 12.2. The number of thioether (sulfide) groups is 1. The molecule has 2 aliphatic carbocycles. The second-order valence-electron chi connectivity index (χ2n) is 8.01. The van der Waals surface area contributed by atoms with Gasteiger partial charge in [-0.2, -0.15) is 5.10 Å². The summed E-state index contributed by atoms with van der Waals surface area (Å²) < 4.78 is 0. The molecule has 1 N–H and O–H groups in total. The van der Waals surface area contributed by atoms with Crippen molar-refractivity contribution in [2.24, 2.45) is 11.0 Å². The van der Waals surface area contributed by atoms with Crippen LogP contribution in [0.4, 0.5) is 0 Å². The van der Waals surface area contributed by atoms with Crippen molar-refractivity contribution in [3.63, 3.8) is 0 Å². The van der Waals surface area contributed by atoms with Gasteiger partial charge in [-0.1, -0.05) is 48.9 Å². The van der Waals surface area contributed by atoms with Gasteiger partial charge in [-0.3, -0.25) is 9.80 Å². The molecule has 0 radical (unpaired) electrons. The van der Waals surface area contributed by atoms with E-state index in [0.717, 1.165) is 35.6 Å². The lowest BCUT2D eigenvalue weighted by atomic mass is 9.93. The van der Waals surface area contributed by atoms with Crippen LogP contribution in [-0.2, 0) is 11.2 Å². The summed E-state index contributed by atoms with van der Waals surface area (Å²) in [6.07, 6.45) is 13.5. The highest BCUT2D eigenvalue weighted by atomic mass is 35.5. The lowest BCUT2D eigenvalue weighted by Crippen LogP contribution is -2.32. The molecule has 1 amide bonds. The van der Waals surface area contributed by atoms with Crippen LogP contribution in [0, 0.1) is 5.92 Å². The van der Waals surface area contributed by atoms with E-state index in [-0.39, 0.29) is 17.9 Å². The van der Waals surface area contributed by atoms with Crippen molar-refractivity contribution >= 4 is 35.5 Å². The maximum absolute atomic E-state index is 12.6. The Morgan fingerprint density at radius 3 is 2.87 bits per heavy atom. The Morgan fingerprint density at radius 2 is 2.16 bits per heavy atom. The summed E-state index contributed by atoms with van der Waals surface area (Å²) in [5.41, 5.74) is 4.26. The number of amides is 1. The minimum absolute atomic E-state index is 0.0191. The van der Waals surface area contributed by atoms with E-state index < -0.39 is 0 Å². The summed E-state index contributed by atoms with van der Waals surface area (Å²) in [5, 5.41) is 10.4. The van der Waals surface area contributed by atoms with Crippen LogP contribution in [0.3, 0.4) is 0 Å². The van der Waals surface area contributed by atoms with Crippen molar-refractivity contribution in [2.45, 2.75) is 50.5 Å². The molecule has 0 aromatic heterocycles. The largest absolute Gasteiger partial charge is 0.329 e. The van der Waals surface area contributed by atoms with Crippen molar-refractivity contribution in [1.82, 2.24) is 10.3 Å². The van der Waals surface area contributed by atoms with Gasteiger partial charge in [0.2, 0.25) is 5.91 Å². The summed E-state index contributed by atoms with van der Waals surface area (Å²) in [7, 11) is 0. The molecule has 6 heteroatoms. The Kier molecular flexibility index (Phi) is 7.03. The van der Waals surface area contributed by atoms with E-state index >= 15 is 0 Å². The fourth-order valence-electron chi connectivity index (χ4n) is 4.21. The third-order valence-electron chi connectivity index (χ3n) is 5.80. The molecular formula is C25H28ClN3OS. The fourth-order valence-corrected chi connectivity index (χ4v) is 5.24. The van der Waals surface area contributed by atoms with Gasteiger partial charge in [0, 0.05) is 29.1 Å². The van der Waals surface area contributed by atoms with Gasteiger partial charge in [0.05, 0.1) is 23.2 Å². The SMILES string of the molecule is CCSc1ccc(CC(=O)NC2=CC(Cl)=C3C(C=NN3C(C)C3=CC=CCC3)C2)cc1. The molecule has 2 unspecified atom stereocenters. The Labute approximate surface area is 193 Å². The van der Waals surface area contributed by atoms with Crippen molar-refractivity contribution in [3.05, 3.63) is 76.1 Å². The monoisotopic (exact) mass is 453 g/mol. The van der Waals surface area contributed by atoms with Crippen molar-refractivity contribution in [3.8, 4) is 0 Å². The predicted molar refractivity (Wildman–Crippen MR) is 130 cm³/mol. The molecule has 1 heterocycles. The molecule has 0 bridgehead atoms. The number of carbonyl (C=O) groups excluding carboxylic acids is 1. The van der Waals surface area contributed by atoms with Gasteiger partial charge >= 0.3 is 0 Å². The lowest BCUT2D eigenvalue weighted by molar-refractivity contribution is -0.119. The molecule has 3 aliphatic rings. The van der Waals surface area contributed by atoms with Crippen LogP contribution in [0.15, 0.2) is 80.6 Å². The van der Waals surface area contributed by atoms with Gasteiger partial charge in [0.15, 0.2) is 0 Å². The van der Waals surface area contributed by atoms with Gasteiger partial charge in [0.1, 0.15) is 0 Å². The summed E-state index contributed by atoms with van der Waals surface area (Å²) >= 11 is 8.47. The number of hydrazone groups is 1. The number of rotatable bonds is 7. The minimum Gasteiger partial charge on any atom is -0.329 e. The molecule has 0 saturated carbocycles. The zero-order chi connectivity index (χ0) is 21.8. The van der Waals surface area contributed by atoms with Gasteiger partial charge in [-0.05, 0) is 54.9 Å². The van der Waals surface area contributed by atoms with Crippen LogP contribution in [0.1, 0.15) is 38.7 Å². The highest BCUT2D eigenvalue weighted by molar-refractivity contribution is 7.99. The highest BCUT2D eigenvalue weighted by Gasteiger charge is 2.34. The Morgan fingerprint density at radius 1 is 1.35 bits per heavy atom. The van der Waals surface area contributed by atoms with Crippen molar-refractivity contribution < 1.29 is 4.79 Å². The van der Waals surface area contributed by atoms with Crippen LogP contribution >= 0.6 is 23.4 Å². The molecule has 0 saturated heterocycles. The summed E-state index contributed by atoms with van der Waals surface area (Å²) in [6, 6.07) is 8.37. The van der Waals surface area contributed by atoms with Crippen LogP contribution in [0.5, 0.6) is 0 Å². The zero-order valence-corrected chi connectivity index (χ0v) is 19.5. The molecule has 4 rings (SSSR count). The number of nitrogens with zero attached hydrogens (tertiary/aromatic N) is 2. The zero-order valence-electron chi connectivity index (χ0n) is 18.0. The average Bonchev–Trinajstić information content (AvgIpc) is 3.20. The second-order valence-corrected chi connectivity index (χ2v) is 9.75. The molecule has 0 spiro atoms. The van der Waals surface area contributed by atoms with Crippen LogP contribution in [0.25, 0.3) is 0 Å². The number of carbonyl (C=O) groups is 1. The van der Waals surface area contributed by atoms with Crippen LogP contribution in [-0.4, -0.2) is 28.9 Å². The van der Waals surface area contributed by atoms with E-state index in [0.29, 0.717) is 17.9 Å². The topological polar surface area (TPSA) is 44.7 Å². The van der Waals surface area contributed by atoms with E-state index in [1.54, 1.807) is 11.8 Å². The van der Waals surface area contributed by atoms with Gasteiger partial charge < -0.3 is 5.32 Å². The molecule has 31 heavy (non-hydrogen) atoms. The quantitative estimate of drug-likeness (QED) is 0.532. The third kappa shape index (κ3) is 5.16. The van der Waals surface area contributed by atoms with E-state index in [4.69, 9.17) is 11.6 Å². The van der Waals surface area contributed by atoms with E-state index in [1.165, 1.54) is 10.5 Å². The normalized spacial score (nSPS) is 21.0. The highest BCUT2D eigenvalue weighted by Crippen LogP contribution is 2.38. The lowest BCUT2D eigenvalue weighted by Gasteiger charge is -2.31. The Bertz CT molecular complexity index is 991. The molecular weight excluding hydrogens is 426 g/mol. The number of hydrogen-bond acceptors (Lipinski definition) is 4. The molecule has 162 valence electrons. The number of hydrogen-bond donors (Lipinski definition) is 1.